The van der Waals surface area contributed by atoms with Gasteiger partial charge in [-0.15, -0.1) is 0 Å². The Morgan fingerprint density at radius 3 is 2.67 bits per heavy atom. The second-order valence-corrected chi connectivity index (χ2v) is 5.71. The Morgan fingerprint density at radius 1 is 1.21 bits per heavy atom. The fourth-order valence-corrected chi connectivity index (χ4v) is 1.97. The highest BCUT2D eigenvalue weighted by molar-refractivity contribution is 5.97. The van der Waals surface area contributed by atoms with Gasteiger partial charge in [-0.1, -0.05) is 32.0 Å². The minimum Gasteiger partial charge on any atom is -0.450 e. The Morgan fingerprint density at radius 2 is 1.96 bits per heavy atom. The van der Waals surface area contributed by atoms with Gasteiger partial charge in [0, 0.05) is 11.9 Å². The van der Waals surface area contributed by atoms with Crippen LogP contribution in [0.25, 0.3) is 11.0 Å². The van der Waals surface area contributed by atoms with Crippen LogP contribution in [0.15, 0.2) is 34.7 Å². The quantitative estimate of drug-likeness (QED) is 0.792. The van der Waals surface area contributed by atoms with Gasteiger partial charge in [-0.2, -0.15) is 0 Å². The first kappa shape index (κ1) is 17.5. The van der Waals surface area contributed by atoms with Gasteiger partial charge in [0.2, 0.25) is 5.76 Å². The summed E-state index contributed by atoms with van der Waals surface area (Å²) in [5, 5.41) is 5.40. The van der Waals surface area contributed by atoms with Crippen molar-refractivity contribution < 1.29 is 23.5 Å². The van der Waals surface area contributed by atoms with Crippen LogP contribution in [0.4, 0.5) is 4.79 Å². The molecule has 3 amide bonds. The standard InChI is InChI=1S/C17H20N2O5/c1-11(2)7-8-18-17(22)19-15(20)10-23-16(21)14-9-12-5-3-4-6-13(12)24-14/h3-6,9,11H,7-8,10H2,1-2H3,(H2,18,19,20,22). The molecule has 0 bridgehead atoms. The smallest absolute Gasteiger partial charge is 0.374 e. The third-order valence-electron chi connectivity index (χ3n) is 3.22. The van der Waals surface area contributed by atoms with Crippen molar-refractivity contribution in [1.82, 2.24) is 10.6 Å². The molecule has 0 spiro atoms. The molecule has 0 saturated heterocycles. The minimum atomic E-state index is -0.762. The number of benzene rings is 1. The summed E-state index contributed by atoms with van der Waals surface area (Å²) in [6, 6.07) is 8.04. The predicted octanol–water partition coefficient (Wildman–Crippen LogP) is 2.46. The number of hydrogen-bond acceptors (Lipinski definition) is 5. The SMILES string of the molecule is CC(C)CCNC(=O)NC(=O)COC(=O)c1cc2ccccc2o1. The van der Waals surface area contributed by atoms with Crippen LogP contribution in [0.2, 0.25) is 0 Å². The van der Waals surface area contributed by atoms with Crippen molar-refractivity contribution in [3.05, 3.63) is 36.1 Å². The zero-order chi connectivity index (χ0) is 17.5. The molecule has 1 aromatic carbocycles. The monoisotopic (exact) mass is 332 g/mol. The maximum Gasteiger partial charge on any atom is 0.374 e. The highest BCUT2D eigenvalue weighted by Gasteiger charge is 2.16. The van der Waals surface area contributed by atoms with E-state index in [-0.39, 0.29) is 5.76 Å². The van der Waals surface area contributed by atoms with Crippen molar-refractivity contribution in [1.29, 1.82) is 0 Å². The molecule has 0 aliphatic heterocycles. The molecule has 0 unspecified atom stereocenters. The Labute approximate surface area is 139 Å². The molecule has 2 aromatic rings. The van der Waals surface area contributed by atoms with E-state index < -0.39 is 24.5 Å². The molecule has 0 aliphatic carbocycles. The van der Waals surface area contributed by atoms with E-state index in [0.717, 1.165) is 11.8 Å². The molecule has 0 saturated carbocycles. The second kappa shape index (κ2) is 8.14. The van der Waals surface area contributed by atoms with Crippen molar-refractivity contribution >= 4 is 28.9 Å². The lowest BCUT2D eigenvalue weighted by atomic mass is 10.1. The summed E-state index contributed by atoms with van der Waals surface area (Å²) < 4.78 is 10.2. The molecule has 24 heavy (non-hydrogen) atoms. The number of furan rings is 1. The van der Waals surface area contributed by atoms with Gasteiger partial charge < -0.3 is 14.5 Å². The van der Waals surface area contributed by atoms with Crippen LogP contribution in [-0.4, -0.2) is 31.1 Å². The first-order valence-corrected chi connectivity index (χ1v) is 7.69. The first-order chi connectivity index (χ1) is 11.5. The number of amides is 3. The molecule has 0 fully saturated rings. The number of rotatable bonds is 6. The lowest BCUT2D eigenvalue weighted by molar-refractivity contribution is -0.123. The maximum absolute atomic E-state index is 11.9. The average Bonchev–Trinajstić information content (AvgIpc) is 2.96. The number of para-hydroxylation sites is 1. The highest BCUT2D eigenvalue weighted by atomic mass is 16.5. The molecule has 1 aromatic heterocycles. The number of ether oxygens (including phenoxy) is 1. The Hall–Kier alpha value is -2.83. The fourth-order valence-electron chi connectivity index (χ4n) is 1.97. The number of carbonyl (C=O) groups excluding carboxylic acids is 3. The van der Waals surface area contributed by atoms with Gasteiger partial charge in [0.1, 0.15) is 5.58 Å². The number of nitrogens with one attached hydrogen (secondary N) is 2. The van der Waals surface area contributed by atoms with Crippen LogP contribution in [-0.2, 0) is 9.53 Å². The topological polar surface area (TPSA) is 97.6 Å². The summed E-state index contributed by atoms with van der Waals surface area (Å²) >= 11 is 0. The normalized spacial score (nSPS) is 10.6. The van der Waals surface area contributed by atoms with E-state index >= 15 is 0 Å². The molecule has 2 N–H and O–H groups in total. The Bertz CT molecular complexity index is 702. The van der Waals surface area contributed by atoms with E-state index in [1.165, 1.54) is 6.07 Å². The largest absolute Gasteiger partial charge is 0.450 e. The van der Waals surface area contributed by atoms with Crippen molar-refractivity contribution in [2.75, 3.05) is 13.2 Å². The molecule has 7 nitrogen and oxygen atoms in total. The van der Waals surface area contributed by atoms with Gasteiger partial charge in [-0.25, -0.2) is 9.59 Å². The van der Waals surface area contributed by atoms with Crippen LogP contribution >= 0.6 is 0 Å². The molecule has 128 valence electrons. The van der Waals surface area contributed by atoms with E-state index in [1.807, 2.05) is 19.9 Å². The lowest BCUT2D eigenvalue weighted by Crippen LogP contribution is -2.41. The van der Waals surface area contributed by atoms with Crippen molar-refractivity contribution in [3.63, 3.8) is 0 Å². The summed E-state index contributed by atoms with van der Waals surface area (Å²) in [6.45, 7) is 3.97. The number of carbonyl (C=O) groups is 3. The van der Waals surface area contributed by atoms with Gasteiger partial charge >= 0.3 is 12.0 Å². The second-order valence-electron chi connectivity index (χ2n) is 5.71. The van der Waals surface area contributed by atoms with Crippen molar-refractivity contribution in [2.24, 2.45) is 5.92 Å². The molecule has 2 rings (SSSR count). The highest BCUT2D eigenvalue weighted by Crippen LogP contribution is 2.19. The zero-order valence-electron chi connectivity index (χ0n) is 13.6. The van der Waals surface area contributed by atoms with Crippen LogP contribution in [0.3, 0.4) is 0 Å². The average molecular weight is 332 g/mol. The van der Waals surface area contributed by atoms with E-state index in [9.17, 15) is 14.4 Å². The summed E-state index contributed by atoms with van der Waals surface area (Å²) in [6.07, 6.45) is 0.808. The summed E-state index contributed by atoms with van der Waals surface area (Å²) in [5.74, 6) is -1.01. The number of esters is 1. The fraction of sp³-hybridized carbons (Fsp3) is 0.353. The van der Waals surface area contributed by atoms with Gasteiger partial charge in [-0.3, -0.25) is 10.1 Å². The third-order valence-corrected chi connectivity index (χ3v) is 3.22. The van der Waals surface area contributed by atoms with Crippen LogP contribution in [0, 0.1) is 5.92 Å². The molecule has 7 heteroatoms. The molecule has 0 atom stereocenters. The number of urea groups is 1. The van der Waals surface area contributed by atoms with Crippen molar-refractivity contribution in [3.8, 4) is 0 Å². The zero-order valence-corrected chi connectivity index (χ0v) is 13.6. The number of fused-ring (bicyclic) bond motifs is 1. The summed E-state index contributed by atoms with van der Waals surface area (Å²) in [4.78, 5) is 34.9. The first-order valence-electron chi connectivity index (χ1n) is 7.69. The van der Waals surface area contributed by atoms with Crippen LogP contribution in [0.1, 0.15) is 30.8 Å². The molecule has 0 radical (unpaired) electrons. The van der Waals surface area contributed by atoms with E-state index in [1.54, 1.807) is 18.2 Å². The van der Waals surface area contributed by atoms with Gasteiger partial charge in [-0.05, 0) is 24.5 Å². The minimum absolute atomic E-state index is 0.00499. The Balaban J connectivity index is 1.76. The molecule has 0 aliphatic rings. The van der Waals surface area contributed by atoms with E-state index in [4.69, 9.17) is 9.15 Å². The summed E-state index contributed by atoms with van der Waals surface area (Å²) in [5.41, 5.74) is 0.554. The maximum atomic E-state index is 11.9. The van der Waals surface area contributed by atoms with Gasteiger partial charge in [0.05, 0.1) is 0 Å². The van der Waals surface area contributed by atoms with Crippen LogP contribution < -0.4 is 10.6 Å². The van der Waals surface area contributed by atoms with Gasteiger partial charge in [0.25, 0.3) is 5.91 Å². The van der Waals surface area contributed by atoms with E-state index in [2.05, 4.69) is 10.6 Å². The predicted molar refractivity (Wildman–Crippen MR) is 87.5 cm³/mol. The number of imide groups is 1. The van der Waals surface area contributed by atoms with Crippen LogP contribution in [0.5, 0.6) is 0 Å². The van der Waals surface area contributed by atoms with Crippen molar-refractivity contribution in [2.45, 2.75) is 20.3 Å². The molecular formula is C17H20N2O5. The van der Waals surface area contributed by atoms with E-state index in [0.29, 0.717) is 18.0 Å². The summed E-state index contributed by atoms with van der Waals surface area (Å²) in [7, 11) is 0. The van der Waals surface area contributed by atoms with Gasteiger partial charge in [0.15, 0.2) is 6.61 Å². The molecule has 1 heterocycles. The Kier molecular flexibility index (Phi) is 5.95. The third kappa shape index (κ3) is 5.12. The number of hydrogen-bond donors (Lipinski definition) is 2. The molecular weight excluding hydrogens is 312 g/mol. The lowest BCUT2D eigenvalue weighted by Gasteiger charge is -2.08.